The SMILES string of the molecule is CC(=O)N1CCc2c(c(N3CCCc4cc(-c5cnn(C)c5)c(C(F)F)cc43)nn2C2CCN(C3CCC4(CC3)CN(c3ncc(C(=O)O)cn3)C4)CC2)C1. The summed E-state index contributed by atoms with van der Waals surface area (Å²) >= 11 is 0. The fourth-order valence-electron chi connectivity index (χ4n) is 9.97. The van der Waals surface area contributed by atoms with Gasteiger partial charge in [-0.25, -0.2) is 23.5 Å². The van der Waals surface area contributed by atoms with Crippen LogP contribution in [0.25, 0.3) is 11.1 Å². The molecule has 9 rings (SSSR count). The topological polar surface area (TPSA) is 129 Å². The van der Waals surface area contributed by atoms with Gasteiger partial charge in [-0.3, -0.25) is 14.2 Å². The van der Waals surface area contributed by atoms with Crippen LogP contribution in [0.4, 0.5) is 26.2 Å². The minimum Gasteiger partial charge on any atom is -0.478 e. The number of hydrogen-bond donors (Lipinski definition) is 1. The van der Waals surface area contributed by atoms with E-state index >= 15 is 0 Å². The Bertz CT molecular complexity index is 2090. The number of fused-ring (bicyclic) bond motifs is 2. The number of aryl methyl sites for hydroxylation is 2. The molecule has 1 aliphatic carbocycles. The standard InChI is InChI=1S/C40H48F2N10O3/c1-25(53)49-15-9-34-33(22-49)37(51-12-3-4-26-16-31(28-20-45-47(2)21-28)32(36(41)42)17-35(26)51)46-52(34)30-7-13-48(14-8-30)29-5-10-40(11-6-29)23-50(24-40)39-43-18-27(19-44-39)38(54)55/h16-21,29-30,36H,3-15,22-24H2,1-2H3,(H,54,55). The van der Waals surface area contributed by atoms with Crippen molar-refractivity contribution in [2.75, 3.05) is 49.1 Å². The predicted octanol–water partition coefficient (Wildman–Crippen LogP) is 5.78. The number of likely N-dealkylation sites (tertiary alicyclic amines) is 1. The Kier molecular flexibility index (Phi) is 9.09. The first kappa shape index (κ1) is 35.8. The highest BCUT2D eigenvalue weighted by Gasteiger charge is 2.47. The van der Waals surface area contributed by atoms with Crippen LogP contribution >= 0.6 is 0 Å². The van der Waals surface area contributed by atoms with Crippen LogP contribution in [0.3, 0.4) is 0 Å². The van der Waals surface area contributed by atoms with Crippen LogP contribution in [-0.4, -0.2) is 102 Å². The van der Waals surface area contributed by atoms with Gasteiger partial charge in [-0.1, -0.05) is 0 Å². The van der Waals surface area contributed by atoms with E-state index in [1.165, 1.54) is 18.1 Å². The van der Waals surface area contributed by atoms with Gasteiger partial charge in [-0.05, 0) is 74.6 Å². The van der Waals surface area contributed by atoms with Crippen LogP contribution in [0.2, 0.25) is 0 Å². The van der Waals surface area contributed by atoms with Crippen molar-refractivity contribution in [1.29, 1.82) is 0 Å². The number of aromatic carboxylic acids is 1. The molecule has 7 heterocycles. The molecule has 15 heteroatoms. The molecule has 4 aliphatic heterocycles. The largest absolute Gasteiger partial charge is 0.478 e. The fourth-order valence-corrected chi connectivity index (χ4v) is 9.97. The lowest BCUT2D eigenvalue weighted by molar-refractivity contribution is -0.129. The minimum absolute atomic E-state index is 0.00533. The van der Waals surface area contributed by atoms with Crippen molar-refractivity contribution in [1.82, 2.24) is 39.3 Å². The number of nitrogens with zero attached hydrogens (tertiary/aromatic N) is 10. The average molecular weight is 755 g/mol. The van der Waals surface area contributed by atoms with E-state index in [4.69, 9.17) is 10.2 Å². The third kappa shape index (κ3) is 6.53. The van der Waals surface area contributed by atoms with E-state index < -0.39 is 12.4 Å². The van der Waals surface area contributed by atoms with Gasteiger partial charge in [-0.2, -0.15) is 10.2 Å². The average Bonchev–Trinajstić information content (AvgIpc) is 3.79. The van der Waals surface area contributed by atoms with Crippen LogP contribution in [0.15, 0.2) is 36.9 Å². The molecule has 1 saturated carbocycles. The first-order valence-electron chi connectivity index (χ1n) is 19.7. The lowest BCUT2D eigenvalue weighted by Crippen LogP contribution is -2.59. The molecule has 0 atom stereocenters. The molecule has 1 aromatic carbocycles. The van der Waals surface area contributed by atoms with Gasteiger partial charge in [0, 0.05) is 118 Å². The van der Waals surface area contributed by atoms with Gasteiger partial charge < -0.3 is 24.7 Å². The molecule has 0 bridgehead atoms. The zero-order chi connectivity index (χ0) is 38.0. The van der Waals surface area contributed by atoms with Gasteiger partial charge in [0.1, 0.15) is 0 Å². The molecule has 2 saturated heterocycles. The van der Waals surface area contributed by atoms with E-state index in [1.807, 2.05) is 11.0 Å². The van der Waals surface area contributed by atoms with Gasteiger partial charge in [0.2, 0.25) is 11.9 Å². The number of piperidine rings is 1. The fraction of sp³-hybridized carbons (Fsp3) is 0.550. The number of alkyl halides is 2. The first-order valence-corrected chi connectivity index (χ1v) is 19.7. The van der Waals surface area contributed by atoms with E-state index in [-0.39, 0.29) is 28.5 Å². The molecule has 1 amide bonds. The Morgan fingerprint density at radius 3 is 2.35 bits per heavy atom. The molecule has 13 nitrogen and oxygen atoms in total. The van der Waals surface area contributed by atoms with Crippen molar-refractivity contribution >= 4 is 29.3 Å². The highest BCUT2D eigenvalue weighted by molar-refractivity contribution is 5.86. The van der Waals surface area contributed by atoms with Gasteiger partial charge in [0.05, 0.1) is 24.3 Å². The lowest BCUT2D eigenvalue weighted by Gasteiger charge is -2.54. The number of rotatable bonds is 7. The van der Waals surface area contributed by atoms with Crippen molar-refractivity contribution < 1.29 is 23.5 Å². The van der Waals surface area contributed by atoms with E-state index in [1.54, 1.807) is 37.1 Å². The second-order valence-electron chi connectivity index (χ2n) is 16.3. The summed E-state index contributed by atoms with van der Waals surface area (Å²) in [5.41, 5.74) is 5.61. The molecule has 55 heavy (non-hydrogen) atoms. The number of carbonyl (C=O) groups is 2. The number of amides is 1. The molecule has 3 aromatic heterocycles. The molecule has 290 valence electrons. The molecule has 4 aromatic rings. The number of carbonyl (C=O) groups excluding carboxylic acids is 1. The molecule has 0 unspecified atom stereocenters. The van der Waals surface area contributed by atoms with Crippen LogP contribution in [-0.2, 0) is 31.2 Å². The number of carboxylic acid groups (broad SMARTS) is 1. The summed E-state index contributed by atoms with van der Waals surface area (Å²) in [5, 5.41) is 18.8. The van der Waals surface area contributed by atoms with Crippen molar-refractivity contribution in [2.45, 2.75) is 89.8 Å². The molecule has 5 aliphatic rings. The Morgan fingerprint density at radius 2 is 1.69 bits per heavy atom. The quantitative estimate of drug-likeness (QED) is 0.248. The van der Waals surface area contributed by atoms with Crippen molar-refractivity contribution in [3.63, 3.8) is 0 Å². The maximum absolute atomic E-state index is 14.7. The normalized spacial score (nSPS) is 20.5. The Balaban J connectivity index is 0.907. The smallest absolute Gasteiger partial charge is 0.338 e. The van der Waals surface area contributed by atoms with Gasteiger partial charge in [0.25, 0.3) is 6.43 Å². The monoisotopic (exact) mass is 754 g/mol. The maximum Gasteiger partial charge on any atom is 0.338 e. The molecule has 0 radical (unpaired) electrons. The summed E-state index contributed by atoms with van der Waals surface area (Å²) in [6, 6.07) is 4.38. The summed E-state index contributed by atoms with van der Waals surface area (Å²) < 4.78 is 33.2. The lowest BCUT2D eigenvalue weighted by atomic mass is 9.67. The van der Waals surface area contributed by atoms with Crippen LogP contribution in [0.1, 0.15) is 97.1 Å². The summed E-state index contributed by atoms with van der Waals surface area (Å²) in [6.07, 6.45) is 12.6. The first-order chi connectivity index (χ1) is 26.6. The summed E-state index contributed by atoms with van der Waals surface area (Å²) in [7, 11) is 1.79. The number of anilines is 3. The Morgan fingerprint density at radius 1 is 0.945 bits per heavy atom. The summed E-state index contributed by atoms with van der Waals surface area (Å²) in [5.74, 6) is 0.421. The number of carboxylic acids is 1. The van der Waals surface area contributed by atoms with Crippen molar-refractivity contribution in [3.05, 3.63) is 64.9 Å². The molecular weight excluding hydrogens is 707 g/mol. The zero-order valence-electron chi connectivity index (χ0n) is 31.5. The Hall–Kier alpha value is -4.92. The minimum atomic E-state index is -2.65. The molecular formula is C40H48F2N10O3. The zero-order valence-corrected chi connectivity index (χ0v) is 31.5. The molecule has 1 N–H and O–H groups in total. The number of halogens is 2. The number of hydrogen-bond acceptors (Lipinski definition) is 9. The highest BCUT2D eigenvalue weighted by Crippen LogP contribution is 2.47. The third-order valence-electron chi connectivity index (χ3n) is 13.0. The van der Waals surface area contributed by atoms with E-state index in [0.717, 1.165) is 107 Å². The Labute approximate surface area is 318 Å². The number of benzene rings is 1. The van der Waals surface area contributed by atoms with E-state index in [9.17, 15) is 18.4 Å². The highest BCUT2D eigenvalue weighted by atomic mass is 19.3. The van der Waals surface area contributed by atoms with Crippen LogP contribution < -0.4 is 9.80 Å². The van der Waals surface area contributed by atoms with Crippen LogP contribution in [0, 0.1) is 5.41 Å². The second-order valence-corrected chi connectivity index (χ2v) is 16.3. The molecule has 1 spiro atoms. The number of aromatic nitrogens is 6. The summed E-state index contributed by atoms with van der Waals surface area (Å²) in [4.78, 5) is 41.2. The predicted molar refractivity (Wildman–Crippen MR) is 202 cm³/mol. The second kappa shape index (κ2) is 14.0. The van der Waals surface area contributed by atoms with Crippen molar-refractivity contribution in [3.8, 4) is 11.1 Å². The van der Waals surface area contributed by atoms with Gasteiger partial charge >= 0.3 is 5.97 Å². The third-order valence-corrected chi connectivity index (χ3v) is 13.0. The van der Waals surface area contributed by atoms with E-state index in [0.29, 0.717) is 42.8 Å². The maximum atomic E-state index is 14.7. The van der Waals surface area contributed by atoms with Crippen LogP contribution in [0.5, 0.6) is 0 Å². The van der Waals surface area contributed by atoms with E-state index in [2.05, 4.69) is 34.4 Å². The molecule has 3 fully saturated rings. The van der Waals surface area contributed by atoms with Crippen molar-refractivity contribution in [2.24, 2.45) is 12.5 Å². The van der Waals surface area contributed by atoms with Gasteiger partial charge in [0.15, 0.2) is 5.82 Å². The summed E-state index contributed by atoms with van der Waals surface area (Å²) in [6.45, 7) is 7.24. The van der Waals surface area contributed by atoms with Gasteiger partial charge in [-0.15, -0.1) is 0 Å².